The van der Waals surface area contributed by atoms with Crippen LogP contribution in [0, 0.1) is 0 Å². The molecule has 0 bridgehead atoms. The van der Waals surface area contributed by atoms with Gasteiger partial charge in [0.25, 0.3) is 0 Å². The number of hydrogen-bond acceptors (Lipinski definition) is 2. The summed E-state index contributed by atoms with van der Waals surface area (Å²) in [5, 5.41) is 3.68. The van der Waals surface area contributed by atoms with E-state index in [9.17, 15) is 0 Å². The predicted octanol–water partition coefficient (Wildman–Crippen LogP) is 1.97. The van der Waals surface area contributed by atoms with Gasteiger partial charge in [-0.2, -0.15) is 0 Å². The molecule has 1 aromatic rings. The number of aromatic nitrogens is 1. The van der Waals surface area contributed by atoms with Crippen molar-refractivity contribution in [3.8, 4) is 0 Å². The van der Waals surface area contributed by atoms with Gasteiger partial charge < -0.3 is 5.32 Å². The Balaban J connectivity index is 2.68. The van der Waals surface area contributed by atoms with Crippen LogP contribution in [0.15, 0.2) is 24.4 Å². The van der Waals surface area contributed by atoms with E-state index in [1.165, 1.54) is 0 Å². The minimum Gasteiger partial charge on any atom is -0.316 e. The van der Waals surface area contributed by atoms with Crippen molar-refractivity contribution in [3.63, 3.8) is 0 Å². The first-order valence-corrected chi connectivity index (χ1v) is 4.14. The molecule has 3 heteroatoms. The SMILES string of the molecule is CNCC=Cc1ncccc1Cl. The van der Waals surface area contributed by atoms with Gasteiger partial charge in [0.2, 0.25) is 0 Å². The standard InChI is InChI=1S/C9H11ClN2/c1-11-6-3-5-9-8(10)4-2-7-12-9/h2-5,7,11H,6H2,1H3. The van der Waals surface area contributed by atoms with Gasteiger partial charge in [0.15, 0.2) is 0 Å². The molecule has 0 aliphatic carbocycles. The topological polar surface area (TPSA) is 24.9 Å². The Kier molecular flexibility index (Phi) is 3.77. The third-order valence-electron chi connectivity index (χ3n) is 1.38. The van der Waals surface area contributed by atoms with Crippen LogP contribution in [0.25, 0.3) is 6.08 Å². The quantitative estimate of drug-likeness (QED) is 0.773. The lowest BCUT2D eigenvalue weighted by atomic mass is 10.3. The average molecular weight is 183 g/mol. The molecular formula is C9H11ClN2. The van der Waals surface area contributed by atoms with E-state index in [0.717, 1.165) is 12.2 Å². The smallest absolute Gasteiger partial charge is 0.0813 e. The van der Waals surface area contributed by atoms with Crippen LogP contribution in [0.4, 0.5) is 0 Å². The van der Waals surface area contributed by atoms with E-state index in [1.807, 2.05) is 31.3 Å². The Hall–Kier alpha value is -0.860. The van der Waals surface area contributed by atoms with Gasteiger partial charge in [-0.15, -0.1) is 0 Å². The lowest BCUT2D eigenvalue weighted by molar-refractivity contribution is 0.922. The third kappa shape index (κ3) is 2.64. The molecular weight excluding hydrogens is 172 g/mol. The van der Waals surface area contributed by atoms with Gasteiger partial charge in [-0.25, -0.2) is 0 Å². The molecule has 0 amide bonds. The summed E-state index contributed by atoms with van der Waals surface area (Å²) >= 11 is 5.87. The maximum Gasteiger partial charge on any atom is 0.0813 e. The second-order valence-corrected chi connectivity index (χ2v) is 2.74. The van der Waals surface area contributed by atoms with E-state index in [1.54, 1.807) is 6.20 Å². The lowest BCUT2D eigenvalue weighted by Gasteiger charge is -1.94. The van der Waals surface area contributed by atoms with Gasteiger partial charge in [0.05, 0.1) is 10.7 Å². The van der Waals surface area contributed by atoms with Crippen molar-refractivity contribution in [2.45, 2.75) is 0 Å². The molecule has 0 saturated carbocycles. The normalized spacial score (nSPS) is 10.8. The molecule has 0 spiro atoms. The molecule has 0 fully saturated rings. The van der Waals surface area contributed by atoms with E-state index in [-0.39, 0.29) is 0 Å². The van der Waals surface area contributed by atoms with Crippen molar-refractivity contribution >= 4 is 17.7 Å². The van der Waals surface area contributed by atoms with Crippen LogP contribution in [-0.4, -0.2) is 18.6 Å². The Bertz CT molecular complexity index is 271. The Morgan fingerprint density at radius 2 is 2.50 bits per heavy atom. The van der Waals surface area contributed by atoms with Crippen molar-refractivity contribution in [1.29, 1.82) is 0 Å². The Morgan fingerprint density at radius 1 is 1.67 bits per heavy atom. The summed E-state index contributed by atoms with van der Waals surface area (Å²) in [6, 6.07) is 3.64. The van der Waals surface area contributed by atoms with Crippen LogP contribution in [0.1, 0.15) is 5.69 Å². The fraction of sp³-hybridized carbons (Fsp3) is 0.222. The highest BCUT2D eigenvalue weighted by Gasteiger charge is 1.93. The van der Waals surface area contributed by atoms with Crippen LogP contribution < -0.4 is 5.32 Å². The fourth-order valence-corrected chi connectivity index (χ4v) is 0.993. The zero-order chi connectivity index (χ0) is 8.81. The third-order valence-corrected chi connectivity index (χ3v) is 1.70. The molecule has 0 aromatic carbocycles. The van der Waals surface area contributed by atoms with Crippen molar-refractivity contribution < 1.29 is 0 Å². The molecule has 1 N–H and O–H groups in total. The maximum atomic E-state index is 5.87. The second-order valence-electron chi connectivity index (χ2n) is 2.33. The summed E-state index contributed by atoms with van der Waals surface area (Å²) in [5.74, 6) is 0. The monoisotopic (exact) mass is 182 g/mol. The molecule has 2 nitrogen and oxygen atoms in total. The van der Waals surface area contributed by atoms with Crippen molar-refractivity contribution in [3.05, 3.63) is 35.1 Å². The van der Waals surface area contributed by atoms with Gasteiger partial charge in [-0.05, 0) is 25.3 Å². The van der Waals surface area contributed by atoms with Crippen LogP contribution in [0.3, 0.4) is 0 Å². The Morgan fingerprint density at radius 3 is 3.17 bits per heavy atom. The van der Waals surface area contributed by atoms with Gasteiger partial charge >= 0.3 is 0 Å². The number of hydrogen-bond donors (Lipinski definition) is 1. The first-order valence-electron chi connectivity index (χ1n) is 3.76. The van der Waals surface area contributed by atoms with E-state index in [4.69, 9.17) is 11.6 Å². The summed E-state index contributed by atoms with van der Waals surface area (Å²) in [5.41, 5.74) is 0.814. The molecule has 0 atom stereocenters. The van der Waals surface area contributed by atoms with Crippen LogP contribution in [-0.2, 0) is 0 Å². The molecule has 1 aromatic heterocycles. The van der Waals surface area contributed by atoms with E-state index in [0.29, 0.717) is 5.02 Å². The molecule has 0 unspecified atom stereocenters. The van der Waals surface area contributed by atoms with E-state index < -0.39 is 0 Å². The summed E-state index contributed by atoms with van der Waals surface area (Å²) in [7, 11) is 1.89. The molecule has 64 valence electrons. The summed E-state index contributed by atoms with van der Waals surface area (Å²) in [6.07, 6.45) is 5.61. The number of likely N-dealkylation sites (N-methyl/N-ethyl adjacent to an activating group) is 1. The van der Waals surface area contributed by atoms with Gasteiger partial charge in [0, 0.05) is 12.7 Å². The summed E-state index contributed by atoms with van der Waals surface area (Å²) < 4.78 is 0. The van der Waals surface area contributed by atoms with Crippen LogP contribution in [0.5, 0.6) is 0 Å². The molecule has 0 radical (unpaired) electrons. The zero-order valence-corrected chi connectivity index (χ0v) is 7.67. The number of halogens is 1. The minimum absolute atomic E-state index is 0.685. The van der Waals surface area contributed by atoms with Gasteiger partial charge in [0.1, 0.15) is 0 Å². The highest BCUT2D eigenvalue weighted by atomic mass is 35.5. The fourth-order valence-electron chi connectivity index (χ4n) is 0.809. The lowest BCUT2D eigenvalue weighted by Crippen LogP contribution is -2.03. The predicted molar refractivity (Wildman–Crippen MR) is 52.2 cm³/mol. The van der Waals surface area contributed by atoms with E-state index >= 15 is 0 Å². The minimum atomic E-state index is 0.685. The first-order chi connectivity index (χ1) is 5.84. The van der Waals surface area contributed by atoms with Crippen LogP contribution in [0.2, 0.25) is 5.02 Å². The van der Waals surface area contributed by atoms with Crippen molar-refractivity contribution in [1.82, 2.24) is 10.3 Å². The molecule has 0 saturated heterocycles. The highest BCUT2D eigenvalue weighted by Crippen LogP contribution is 2.12. The zero-order valence-electron chi connectivity index (χ0n) is 6.92. The first kappa shape index (κ1) is 9.23. The highest BCUT2D eigenvalue weighted by molar-refractivity contribution is 6.31. The van der Waals surface area contributed by atoms with E-state index in [2.05, 4.69) is 10.3 Å². The summed E-state index contributed by atoms with van der Waals surface area (Å²) in [4.78, 5) is 4.10. The molecule has 1 rings (SSSR count). The number of pyridine rings is 1. The van der Waals surface area contributed by atoms with Gasteiger partial charge in [-0.1, -0.05) is 17.7 Å². The largest absolute Gasteiger partial charge is 0.316 e. The number of nitrogens with one attached hydrogen (secondary N) is 1. The molecule has 1 heterocycles. The van der Waals surface area contributed by atoms with Crippen molar-refractivity contribution in [2.75, 3.05) is 13.6 Å². The molecule has 0 aliphatic heterocycles. The Labute approximate surface area is 77.3 Å². The van der Waals surface area contributed by atoms with Crippen LogP contribution >= 0.6 is 11.6 Å². The maximum absolute atomic E-state index is 5.87. The number of rotatable bonds is 3. The molecule has 12 heavy (non-hydrogen) atoms. The van der Waals surface area contributed by atoms with Gasteiger partial charge in [-0.3, -0.25) is 4.98 Å². The number of nitrogens with zero attached hydrogens (tertiary/aromatic N) is 1. The summed E-state index contributed by atoms with van der Waals surface area (Å²) in [6.45, 7) is 0.826. The second kappa shape index (κ2) is 4.91. The average Bonchev–Trinajstić information content (AvgIpc) is 2.09. The molecule has 0 aliphatic rings. The van der Waals surface area contributed by atoms with Crippen molar-refractivity contribution in [2.24, 2.45) is 0 Å².